The fraction of sp³-hybridized carbons (Fsp3) is 0.192. The number of nitro groups is 1. The summed E-state index contributed by atoms with van der Waals surface area (Å²) in [6, 6.07) is 20.8. The predicted molar refractivity (Wildman–Crippen MR) is 138 cm³/mol. The first-order valence-electron chi connectivity index (χ1n) is 11.1. The Labute approximate surface area is 212 Å². The fourth-order valence-electron chi connectivity index (χ4n) is 3.21. The van der Waals surface area contributed by atoms with Crippen LogP contribution in [0, 0.1) is 10.1 Å². The normalized spacial score (nSPS) is 11.4. The maximum Gasteiger partial charge on any atom is 0.408 e. The van der Waals surface area contributed by atoms with E-state index in [1.807, 2.05) is 44.2 Å². The number of benzene rings is 3. The molecule has 2 amide bonds. The smallest absolute Gasteiger partial charge is 0.408 e. The van der Waals surface area contributed by atoms with Crippen molar-refractivity contribution in [2.45, 2.75) is 31.1 Å². The largest absolute Gasteiger partial charge is 0.445 e. The lowest BCUT2D eigenvalue weighted by atomic mass is 10.0. The monoisotopic (exact) mass is 507 g/mol. The number of carbonyl (C=O) groups excluding carboxylic acids is 3. The number of ketones is 1. The van der Waals surface area contributed by atoms with Crippen molar-refractivity contribution >= 4 is 40.9 Å². The van der Waals surface area contributed by atoms with Crippen molar-refractivity contribution in [1.82, 2.24) is 5.32 Å². The highest BCUT2D eigenvalue weighted by Crippen LogP contribution is 2.24. The zero-order valence-electron chi connectivity index (χ0n) is 19.7. The van der Waals surface area contributed by atoms with Crippen molar-refractivity contribution in [3.63, 3.8) is 0 Å². The molecule has 0 aromatic heterocycles. The first kappa shape index (κ1) is 26.4. The molecule has 2 N–H and O–H groups in total. The van der Waals surface area contributed by atoms with Gasteiger partial charge in [0.15, 0.2) is 11.2 Å². The molecule has 10 heteroatoms. The Morgan fingerprint density at radius 3 is 2.36 bits per heavy atom. The zero-order chi connectivity index (χ0) is 26.1. The van der Waals surface area contributed by atoms with Crippen LogP contribution in [0.4, 0.5) is 16.2 Å². The molecule has 0 fully saturated rings. The van der Waals surface area contributed by atoms with Crippen LogP contribution < -0.4 is 10.6 Å². The zero-order valence-corrected chi connectivity index (χ0v) is 20.5. The Balaban J connectivity index is 1.74. The first-order chi connectivity index (χ1) is 17.2. The van der Waals surface area contributed by atoms with E-state index in [1.54, 1.807) is 18.2 Å². The number of anilines is 1. The minimum absolute atomic E-state index is 0.00285. The van der Waals surface area contributed by atoms with Crippen molar-refractivity contribution in [2.24, 2.45) is 0 Å². The fourth-order valence-corrected chi connectivity index (χ4v) is 4.10. The number of amides is 2. The average molecular weight is 508 g/mol. The molecule has 0 radical (unpaired) electrons. The number of rotatable bonds is 10. The quantitative estimate of drug-likeness (QED) is 0.168. The van der Waals surface area contributed by atoms with Gasteiger partial charge in [-0.2, -0.15) is 0 Å². The Morgan fingerprint density at radius 2 is 1.67 bits per heavy atom. The van der Waals surface area contributed by atoms with Gasteiger partial charge in [-0.1, -0.05) is 68.4 Å². The summed E-state index contributed by atoms with van der Waals surface area (Å²) in [4.78, 5) is 49.1. The second-order valence-corrected chi connectivity index (χ2v) is 9.63. The Morgan fingerprint density at radius 1 is 0.972 bits per heavy atom. The SMILES string of the molecule is CC(C)SC(NC(=O)OCc1ccccc1)C(=O)Nc1ccccc1C(=O)c1cccc([N+](=O)[O-])c1. The summed E-state index contributed by atoms with van der Waals surface area (Å²) in [5.41, 5.74) is 1.08. The maximum atomic E-state index is 13.1. The van der Waals surface area contributed by atoms with Gasteiger partial charge in [0.05, 0.1) is 10.6 Å². The van der Waals surface area contributed by atoms with Crippen LogP contribution in [-0.4, -0.2) is 33.3 Å². The molecule has 0 aliphatic carbocycles. The van der Waals surface area contributed by atoms with Gasteiger partial charge in [-0.25, -0.2) is 4.79 Å². The molecule has 0 bridgehead atoms. The number of hydrogen-bond donors (Lipinski definition) is 2. The van der Waals surface area contributed by atoms with Crippen LogP contribution >= 0.6 is 11.8 Å². The van der Waals surface area contributed by atoms with Crippen LogP contribution in [0.15, 0.2) is 78.9 Å². The van der Waals surface area contributed by atoms with Crippen LogP contribution in [0.2, 0.25) is 0 Å². The molecule has 0 aliphatic rings. The van der Waals surface area contributed by atoms with Crippen molar-refractivity contribution in [3.05, 3.63) is 106 Å². The molecule has 36 heavy (non-hydrogen) atoms. The molecular formula is C26H25N3O6S. The second kappa shape index (κ2) is 12.5. The second-order valence-electron chi connectivity index (χ2n) is 7.94. The number of carbonyl (C=O) groups is 3. The van der Waals surface area contributed by atoms with Crippen molar-refractivity contribution in [2.75, 3.05) is 5.32 Å². The molecule has 0 saturated heterocycles. The number of thioether (sulfide) groups is 1. The van der Waals surface area contributed by atoms with Gasteiger partial charge in [0.2, 0.25) is 0 Å². The summed E-state index contributed by atoms with van der Waals surface area (Å²) in [7, 11) is 0. The number of ether oxygens (including phenoxy) is 1. The molecule has 3 aromatic carbocycles. The Kier molecular flexibility index (Phi) is 9.18. The van der Waals surface area contributed by atoms with Crippen molar-refractivity contribution < 1.29 is 24.0 Å². The third-order valence-electron chi connectivity index (χ3n) is 4.86. The van der Waals surface area contributed by atoms with E-state index >= 15 is 0 Å². The van der Waals surface area contributed by atoms with E-state index in [1.165, 1.54) is 42.1 Å². The highest BCUT2D eigenvalue weighted by Gasteiger charge is 2.25. The van der Waals surface area contributed by atoms with Gasteiger partial charge in [0.25, 0.3) is 11.6 Å². The first-order valence-corrected chi connectivity index (χ1v) is 12.0. The van der Waals surface area contributed by atoms with Gasteiger partial charge in [0.1, 0.15) is 6.61 Å². The van der Waals surface area contributed by atoms with Gasteiger partial charge in [-0.3, -0.25) is 19.7 Å². The minimum Gasteiger partial charge on any atom is -0.445 e. The van der Waals surface area contributed by atoms with Crippen LogP contribution in [0.3, 0.4) is 0 Å². The van der Waals surface area contributed by atoms with E-state index in [2.05, 4.69) is 10.6 Å². The molecule has 3 aromatic rings. The number of alkyl carbamates (subject to hydrolysis) is 1. The van der Waals surface area contributed by atoms with Crippen LogP contribution in [0.25, 0.3) is 0 Å². The highest BCUT2D eigenvalue weighted by atomic mass is 32.2. The van der Waals surface area contributed by atoms with Crippen LogP contribution in [0.5, 0.6) is 0 Å². The number of nitrogens with one attached hydrogen (secondary N) is 2. The van der Waals surface area contributed by atoms with Gasteiger partial charge >= 0.3 is 6.09 Å². The lowest BCUT2D eigenvalue weighted by Gasteiger charge is -2.20. The van der Waals surface area contributed by atoms with E-state index in [9.17, 15) is 24.5 Å². The number of nitro benzene ring substituents is 1. The van der Waals surface area contributed by atoms with Gasteiger partial charge in [-0.15, -0.1) is 11.8 Å². The van der Waals surface area contributed by atoms with E-state index in [0.29, 0.717) is 0 Å². The highest BCUT2D eigenvalue weighted by molar-refractivity contribution is 8.01. The molecule has 0 saturated carbocycles. The molecule has 9 nitrogen and oxygen atoms in total. The van der Waals surface area contributed by atoms with E-state index in [-0.39, 0.29) is 34.4 Å². The summed E-state index contributed by atoms with van der Waals surface area (Å²) in [6.45, 7) is 3.80. The van der Waals surface area contributed by atoms with Crippen molar-refractivity contribution in [3.8, 4) is 0 Å². The lowest BCUT2D eigenvalue weighted by molar-refractivity contribution is -0.384. The standard InChI is InChI=1S/C26H25N3O6S/c1-17(2)36-25(28-26(32)35-16-18-9-4-3-5-10-18)24(31)27-22-14-7-6-13-21(22)23(30)19-11-8-12-20(15-19)29(33)34/h3-15,17,25H,16H2,1-2H3,(H,27,31)(H,28,32). The molecule has 0 heterocycles. The number of para-hydroxylation sites is 1. The summed E-state index contributed by atoms with van der Waals surface area (Å²) in [6.07, 6.45) is -0.756. The summed E-state index contributed by atoms with van der Waals surface area (Å²) >= 11 is 1.21. The summed E-state index contributed by atoms with van der Waals surface area (Å²) in [5.74, 6) is -1.04. The predicted octanol–water partition coefficient (Wildman–Crippen LogP) is 5.16. The topological polar surface area (TPSA) is 128 Å². The molecule has 0 aliphatic heterocycles. The van der Waals surface area contributed by atoms with E-state index in [4.69, 9.17) is 4.74 Å². The molecular weight excluding hydrogens is 482 g/mol. The third kappa shape index (κ3) is 7.41. The van der Waals surface area contributed by atoms with Crippen molar-refractivity contribution in [1.29, 1.82) is 0 Å². The molecule has 1 unspecified atom stereocenters. The average Bonchev–Trinajstić information content (AvgIpc) is 2.87. The molecule has 186 valence electrons. The lowest BCUT2D eigenvalue weighted by Crippen LogP contribution is -2.42. The van der Waals surface area contributed by atoms with Gasteiger partial charge in [0, 0.05) is 28.5 Å². The molecule has 0 spiro atoms. The van der Waals surface area contributed by atoms with Crippen LogP contribution in [-0.2, 0) is 16.1 Å². The van der Waals surface area contributed by atoms with Gasteiger partial charge in [-0.05, 0) is 17.7 Å². The molecule has 1 atom stereocenters. The van der Waals surface area contributed by atoms with E-state index < -0.39 is 28.1 Å². The third-order valence-corrected chi connectivity index (χ3v) is 6.01. The Hall–Kier alpha value is -4.18. The number of nitrogens with zero attached hydrogens (tertiary/aromatic N) is 1. The van der Waals surface area contributed by atoms with Crippen LogP contribution in [0.1, 0.15) is 35.3 Å². The summed E-state index contributed by atoms with van der Waals surface area (Å²) in [5, 5.41) is 15.4. The molecule has 3 rings (SSSR count). The maximum absolute atomic E-state index is 13.1. The van der Waals surface area contributed by atoms with Gasteiger partial charge < -0.3 is 15.4 Å². The Bertz CT molecular complexity index is 1250. The summed E-state index contributed by atoms with van der Waals surface area (Å²) < 4.78 is 5.24. The minimum atomic E-state index is -0.991. The van der Waals surface area contributed by atoms with E-state index in [0.717, 1.165) is 5.56 Å². The number of non-ortho nitro benzene ring substituents is 1. The number of hydrogen-bond acceptors (Lipinski definition) is 7.